The summed E-state index contributed by atoms with van der Waals surface area (Å²) in [6, 6.07) is 50.2. The molecule has 7 aromatic carbocycles. The summed E-state index contributed by atoms with van der Waals surface area (Å²) in [7, 11) is 0. The maximum Gasteiger partial charge on any atom is 0.201 e. The molecular formula is C41H28N2O. The Morgan fingerprint density at radius 3 is 2.07 bits per heavy atom. The summed E-state index contributed by atoms with van der Waals surface area (Å²) in [4.78, 5) is 2.28. The van der Waals surface area contributed by atoms with Gasteiger partial charge in [0.05, 0.1) is 5.69 Å². The molecule has 0 bridgehead atoms. The van der Waals surface area contributed by atoms with E-state index in [1.54, 1.807) is 0 Å². The monoisotopic (exact) mass is 564 g/mol. The Morgan fingerprint density at radius 1 is 0.523 bits per heavy atom. The van der Waals surface area contributed by atoms with Crippen LogP contribution in [0.2, 0.25) is 0 Å². The van der Waals surface area contributed by atoms with Crippen LogP contribution in [0.25, 0.3) is 60.5 Å². The maximum atomic E-state index is 6.43. The van der Waals surface area contributed by atoms with E-state index in [0.717, 1.165) is 46.0 Å². The molecule has 1 N–H and O–H groups in total. The molecule has 0 fully saturated rings. The van der Waals surface area contributed by atoms with Crippen LogP contribution in [0, 0.1) is 0 Å². The molecule has 2 heterocycles. The lowest BCUT2D eigenvalue weighted by Gasteiger charge is -2.25. The van der Waals surface area contributed by atoms with Crippen LogP contribution in [-0.2, 0) is 0 Å². The van der Waals surface area contributed by atoms with Crippen molar-refractivity contribution >= 4 is 72.3 Å². The minimum absolute atomic E-state index is 0.772. The topological polar surface area (TPSA) is 28.4 Å². The van der Waals surface area contributed by atoms with Crippen LogP contribution >= 0.6 is 0 Å². The van der Waals surface area contributed by atoms with Crippen molar-refractivity contribution in [3.05, 3.63) is 151 Å². The van der Waals surface area contributed by atoms with Crippen molar-refractivity contribution in [1.29, 1.82) is 0 Å². The quantitative estimate of drug-likeness (QED) is 0.216. The second-order valence-electron chi connectivity index (χ2n) is 11.4. The Hall–Kier alpha value is -5.80. The summed E-state index contributed by atoms with van der Waals surface area (Å²) in [6.45, 7) is 0.772. The number of benzene rings is 7. The highest BCUT2D eigenvalue weighted by Crippen LogP contribution is 2.44. The summed E-state index contributed by atoms with van der Waals surface area (Å²) in [5.74, 6) is 0.829. The van der Waals surface area contributed by atoms with Gasteiger partial charge in [0.15, 0.2) is 5.58 Å². The molecular weight excluding hydrogens is 536 g/mol. The first kappa shape index (κ1) is 24.8. The van der Waals surface area contributed by atoms with Gasteiger partial charge in [0.25, 0.3) is 0 Å². The van der Waals surface area contributed by atoms with Crippen LogP contribution in [0.5, 0.6) is 0 Å². The van der Waals surface area contributed by atoms with Crippen LogP contribution < -0.4 is 10.2 Å². The number of anilines is 4. The van der Waals surface area contributed by atoms with Gasteiger partial charge in [0.2, 0.25) is 5.88 Å². The third-order valence-electron chi connectivity index (χ3n) is 8.85. The van der Waals surface area contributed by atoms with Crippen LogP contribution in [-0.4, -0.2) is 6.54 Å². The summed E-state index contributed by atoms with van der Waals surface area (Å²) in [5, 5.41) is 12.2. The van der Waals surface area contributed by atoms with E-state index >= 15 is 0 Å². The van der Waals surface area contributed by atoms with Crippen molar-refractivity contribution in [2.45, 2.75) is 0 Å². The Balaban J connectivity index is 1.13. The molecule has 0 atom stereocenters. The molecule has 0 saturated carbocycles. The van der Waals surface area contributed by atoms with Crippen molar-refractivity contribution < 1.29 is 4.42 Å². The molecule has 0 aliphatic carbocycles. The summed E-state index contributed by atoms with van der Waals surface area (Å²) in [6.07, 6.45) is 4.28. The average Bonchev–Trinajstić information content (AvgIpc) is 3.48. The van der Waals surface area contributed by atoms with E-state index < -0.39 is 0 Å². The standard InChI is InChI=1S/C41H28N2O/c1-2-9-31(10-3-1)43(39-14-6-12-37-38-13-7-25-42-41(38)44-40(37)39)32-20-15-27(16-21-32)29-18-22-34-30(26-29)19-24-35-33-11-5-4-8-28(33)17-23-36(34)35/h1-24,26,42H,25H2. The van der Waals surface area contributed by atoms with Crippen molar-refractivity contribution in [3.63, 3.8) is 0 Å². The lowest BCUT2D eigenvalue weighted by atomic mass is 9.95. The van der Waals surface area contributed by atoms with E-state index in [-0.39, 0.29) is 0 Å². The van der Waals surface area contributed by atoms with E-state index in [2.05, 4.69) is 162 Å². The van der Waals surface area contributed by atoms with Crippen LogP contribution in [0.3, 0.4) is 0 Å². The lowest BCUT2D eigenvalue weighted by Crippen LogP contribution is -2.10. The largest absolute Gasteiger partial charge is 0.438 e. The molecule has 1 aromatic heterocycles. The van der Waals surface area contributed by atoms with E-state index in [9.17, 15) is 0 Å². The predicted octanol–water partition coefficient (Wildman–Crippen LogP) is 11.5. The number of furan rings is 1. The van der Waals surface area contributed by atoms with Gasteiger partial charge in [-0.25, -0.2) is 0 Å². The number of fused-ring (bicyclic) bond motifs is 8. The molecule has 9 rings (SSSR count). The van der Waals surface area contributed by atoms with E-state index in [4.69, 9.17) is 4.42 Å². The first-order chi connectivity index (χ1) is 21.8. The maximum absolute atomic E-state index is 6.43. The molecule has 0 amide bonds. The van der Waals surface area contributed by atoms with Gasteiger partial charge < -0.3 is 14.6 Å². The SMILES string of the molecule is C1=Cc2c(oc3c(N(c4ccccc4)c4ccc(-c5ccc6c(ccc7c8ccccc8ccc67)c5)cc4)cccc23)NC1. The molecule has 3 heteroatoms. The highest BCUT2D eigenvalue weighted by atomic mass is 16.4. The minimum Gasteiger partial charge on any atom is -0.438 e. The average molecular weight is 565 g/mol. The molecule has 0 radical (unpaired) electrons. The van der Waals surface area contributed by atoms with E-state index in [0.29, 0.717) is 0 Å². The van der Waals surface area contributed by atoms with E-state index in [1.165, 1.54) is 43.4 Å². The van der Waals surface area contributed by atoms with E-state index in [1.807, 2.05) is 0 Å². The molecule has 44 heavy (non-hydrogen) atoms. The molecule has 3 nitrogen and oxygen atoms in total. The van der Waals surface area contributed by atoms with Crippen LogP contribution in [0.15, 0.2) is 150 Å². The highest BCUT2D eigenvalue weighted by Gasteiger charge is 2.21. The number of hydrogen-bond donors (Lipinski definition) is 1. The second-order valence-corrected chi connectivity index (χ2v) is 11.4. The Labute approximate surface area is 255 Å². The third kappa shape index (κ3) is 3.90. The van der Waals surface area contributed by atoms with Crippen molar-refractivity contribution in [2.24, 2.45) is 0 Å². The molecule has 0 saturated heterocycles. The van der Waals surface area contributed by atoms with Gasteiger partial charge in [-0.1, -0.05) is 115 Å². The zero-order chi connectivity index (χ0) is 29.0. The summed E-state index contributed by atoms with van der Waals surface area (Å²) < 4.78 is 6.43. The van der Waals surface area contributed by atoms with Gasteiger partial charge in [-0.15, -0.1) is 0 Å². The predicted molar refractivity (Wildman–Crippen MR) is 186 cm³/mol. The zero-order valence-corrected chi connectivity index (χ0v) is 24.0. The highest BCUT2D eigenvalue weighted by molar-refractivity contribution is 6.17. The second kappa shape index (κ2) is 9.89. The van der Waals surface area contributed by atoms with Crippen molar-refractivity contribution in [2.75, 3.05) is 16.8 Å². The van der Waals surface area contributed by atoms with Crippen LogP contribution in [0.1, 0.15) is 5.56 Å². The molecule has 8 aromatic rings. The molecule has 0 unspecified atom stereocenters. The summed E-state index contributed by atoms with van der Waals surface area (Å²) in [5.41, 5.74) is 7.53. The minimum atomic E-state index is 0.772. The number of para-hydroxylation sites is 2. The summed E-state index contributed by atoms with van der Waals surface area (Å²) >= 11 is 0. The Bertz CT molecular complexity index is 2380. The van der Waals surface area contributed by atoms with Crippen molar-refractivity contribution in [3.8, 4) is 11.1 Å². The Kier molecular flexibility index (Phi) is 5.57. The molecule has 1 aliphatic rings. The molecule has 208 valence electrons. The normalized spacial score (nSPS) is 12.5. The number of hydrogen-bond acceptors (Lipinski definition) is 3. The Morgan fingerprint density at radius 2 is 1.20 bits per heavy atom. The van der Waals surface area contributed by atoms with Gasteiger partial charge in [-0.2, -0.15) is 0 Å². The fourth-order valence-corrected chi connectivity index (χ4v) is 6.74. The number of nitrogens with zero attached hydrogens (tertiary/aromatic N) is 1. The van der Waals surface area contributed by atoms with Gasteiger partial charge in [-0.05, 0) is 79.8 Å². The fraction of sp³-hybridized carbons (Fsp3) is 0.0244. The molecule has 1 aliphatic heterocycles. The van der Waals surface area contributed by atoms with Gasteiger partial charge in [-0.3, -0.25) is 0 Å². The first-order valence-electron chi connectivity index (χ1n) is 15.1. The van der Waals surface area contributed by atoms with Gasteiger partial charge >= 0.3 is 0 Å². The first-order valence-corrected chi connectivity index (χ1v) is 15.1. The van der Waals surface area contributed by atoms with Crippen LogP contribution in [0.4, 0.5) is 22.9 Å². The van der Waals surface area contributed by atoms with Gasteiger partial charge in [0.1, 0.15) is 0 Å². The third-order valence-corrected chi connectivity index (χ3v) is 8.85. The smallest absolute Gasteiger partial charge is 0.201 e. The number of rotatable bonds is 4. The number of nitrogens with one attached hydrogen (secondary N) is 1. The molecule has 0 spiro atoms. The lowest BCUT2D eigenvalue weighted by molar-refractivity contribution is 0.628. The zero-order valence-electron chi connectivity index (χ0n) is 24.0. The van der Waals surface area contributed by atoms with Gasteiger partial charge in [0, 0.05) is 28.9 Å². The fourth-order valence-electron chi connectivity index (χ4n) is 6.74. The van der Waals surface area contributed by atoms with Crippen molar-refractivity contribution in [1.82, 2.24) is 0 Å².